The first-order valence-corrected chi connectivity index (χ1v) is 7.38. The first-order valence-electron chi connectivity index (χ1n) is 5.52. The number of benzene rings is 2. The summed E-state index contributed by atoms with van der Waals surface area (Å²) in [5, 5.41) is 11.0. The van der Waals surface area contributed by atoms with Crippen LogP contribution in [-0.4, -0.2) is 13.3 Å². The van der Waals surface area contributed by atoms with Crippen molar-refractivity contribution in [2.45, 2.75) is 4.90 Å². The molecular weight excluding hydrogens is 323 g/mol. The van der Waals surface area contributed by atoms with Gasteiger partial charge in [0.1, 0.15) is 5.82 Å². The highest BCUT2D eigenvalue weighted by atomic mass is 35.5. The molecule has 0 fully saturated rings. The van der Waals surface area contributed by atoms with Crippen LogP contribution in [-0.2, 0) is 10.0 Å². The average molecular weight is 331 g/mol. The highest BCUT2D eigenvalue weighted by molar-refractivity contribution is 7.92. The molecule has 6 nitrogen and oxygen atoms in total. The monoisotopic (exact) mass is 330 g/mol. The highest BCUT2D eigenvalue weighted by Crippen LogP contribution is 2.28. The summed E-state index contributed by atoms with van der Waals surface area (Å²) < 4.78 is 39.3. The molecule has 0 unspecified atom stereocenters. The second kappa shape index (κ2) is 5.66. The Hall–Kier alpha value is -2.19. The Bertz CT molecular complexity index is 793. The van der Waals surface area contributed by atoms with Gasteiger partial charge < -0.3 is 0 Å². The Kier molecular flexibility index (Phi) is 4.10. The molecular formula is C12H8ClFN2O4S. The molecule has 0 atom stereocenters. The number of nitro groups is 1. The predicted octanol–water partition coefficient (Wildman–Crippen LogP) is 3.19. The predicted molar refractivity (Wildman–Crippen MR) is 75.3 cm³/mol. The fourth-order valence-corrected chi connectivity index (χ4v) is 2.97. The SMILES string of the molecule is O=[N+]([O-])c1cc(Cl)ccc1S(=O)(=O)Nc1ccc(F)cc1. The van der Waals surface area contributed by atoms with Crippen molar-refractivity contribution in [3.8, 4) is 0 Å². The molecule has 0 aromatic heterocycles. The van der Waals surface area contributed by atoms with Gasteiger partial charge in [-0.05, 0) is 36.4 Å². The van der Waals surface area contributed by atoms with E-state index < -0.39 is 31.3 Å². The maximum atomic E-state index is 12.8. The maximum Gasteiger partial charge on any atom is 0.291 e. The topological polar surface area (TPSA) is 89.3 Å². The van der Waals surface area contributed by atoms with Crippen LogP contribution in [0, 0.1) is 15.9 Å². The number of hydrogen-bond acceptors (Lipinski definition) is 4. The number of nitro benzene ring substituents is 1. The van der Waals surface area contributed by atoms with Gasteiger partial charge in [0.2, 0.25) is 0 Å². The van der Waals surface area contributed by atoms with Gasteiger partial charge in [0.05, 0.1) is 4.92 Å². The lowest BCUT2D eigenvalue weighted by Crippen LogP contribution is -2.14. The Labute approximate surface area is 124 Å². The van der Waals surface area contributed by atoms with E-state index >= 15 is 0 Å². The third kappa shape index (κ3) is 3.47. The van der Waals surface area contributed by atoms with Crippen LogP contribution < -0.4 is 4.72 Å². The molecule has 110 valence electrons. The molecule has 0 radical (unpaired) electrons. The summed E-state index contributed by atoms with van der Waals surface area (Å²) in [6.45, 7) is 0. The maximum absolute atomic E-state index is 12.8. The minimum absolute atomic E-state index is 0.0439. The molecule has 0 aliphatic carbocycles. The van der Waals surface area contributed by atoms with Gasteiger partial charge in [-0.1, -0.05) is 11.6 Å². The molecule has 0 amide bonds. The van der Waals surface area contributed by atoms with Gasteiger partial charge in [-0.15, -0.1) is 0 Å². The standard InChI is InChI=1S/C12H8ClFN2O4S/c13-8-1-6-12(11(7-8)16(17)18)21(19,20)15-10-4-2-9(14)3-5-10/h1-7,15H. The third-order valence-corrected chi connectivity index (χ3v) is 4.17. The zero-order chi connectivity index (χ0) is 15.6. The van der Waals surface area contributed by atoms with Crippen molar-refractivity contribution >= 4 is 33.0 Å². The number of rotatable bonds is 4. The van der Waals surface area contributed by atoms with Crippen LogP contribution >= 0.6 is 11.6 Å². The van der Waals surface area contributed by atoms with Crippen molar-refractivity contribution in [3.05, 3.63) is 63.4 Å². The summed E-state index contributed by atoms with van der Waals surface area (Å²) in [4.78, 5) is 9.55. The van der Waals surface area contributed by atoms with E-state index in [0.717, 1.165) is 24.3 Å². The summed E-state index contributed by atoms with van der Waals surface area (Å²) in [5.41, 5.74) is -0.558. The molecule has 0 bridgehead atoms. The van der Waals surface area contributed by atoms with Gasteiger partial charge in [0, 0.05) is 16.8 Å². The number of nitrogens with zero attached hydrogens (tertiary/aromatic N) is 1. The van der Waals surface area contributed by atoms with Crippen molar-refractivity contribution in [3.63, 3.8) is 0 Å². The van der Waals surface area contributed by atoms with Crippen molar-refractivity contribution in [2.24, 2.45) is 0 Å². The molecule has 0 heterocycles. The molecule has 0 saturated carbocycles. The van der Waals surface area contributed by atoms with Gasteiger partial charge in [-0.25, -0.2) is 12.8 Å². The molecule has 2 aromatic carbocycles. The lowest BCUT2D eigenvalue weighted by Gasteiger charge is -2.08. The lowest BCUT2D eigenvalue weighted by atomic mass is 10.3. The second-order valence-corrected chi connectivity index (χ2v) is 6.07. The van der Waals surface area contributed by atoms with Gasteiger partial charge >= 0.3 is 0 Å². The Morgan fingerprint density at radius 3 is 2.33 bits per heavy atom. The fraction of sp³-hybridized carbons (Fsp3) is 0. The fourth-order valence-electron chi connectivity index (χ4n) is 1.59. The van der Waals surface area contributed by atoms with Crippen LogP contribution in [0.4, 0.5) is 15.8 Å². The van der Waals surface area contributed by atoms with Gasteiger partial charge in [0.25, 0.3) is 15.7 Å². The molecule has 21 heavy (non-hydrogen) atoms. The minimum Gasteiger partial charge on any atom is -0.279 e. The molecule has 2 aromatic rings. The second-order valence-electron chi connectivity index (χ2n) is 3.98. The first kappa shape index (κ1) is 15.2. The number of halogens is 2. The van der Waals surface area contributed by atoms with Crippen molar-refractivity contribution in [2.75, 3.05) is 4.72 Å². The zero-order valence-electron chi connectivity index (χ0n) is 10.3. The van der Waals surface area contributed by atoms with Crippen LogP contribution in [0.5, 0.6) is 0 Å². The Morgan fingerprint density at radius 2 is 1.76 bits per heavy atom. The molecule has 0 spiro atoms. The normalized spacial score (nSPS) is 11.1. The highest BCUT2D eigenvalue weighted by Gasteiger charge is 2.26. The van der Waals surface area contributed by atoms with Gasteiger partial charge in [0.15, 0.2) is 4.90 Å². The minimum atomic E-state index is -4.19. The summed E-state index contributed by atoms with van der Waals surface area (Å²) in [5.74, 6) is -0.532. The number of sulfonamides is 1. The third-order valence-electron chi connectivity index (χ3n) is 2.50. The summed E-state index contributed by atoms with van der Waals surface area (Å²) in [7, 11) is -4.19. The summed E-state index contributed by atoms with van der Waals surface area (Å²) in [6, 6.07) is 7.74. The van der Waals surface area contributed by atoms with Crippen LogP contribution in [0.2, 0.25) is 5.02 Å². The Morgan fingerprint density at radius 1 is 1.14 bits per heavy atom. The first-order chi connectivity index (χ1) is 9.79. The molecule has 0 aliphatic rings. The largest absolute Gasteiger partial charge is 0.291 e. The van der Waals surface area contributed by atoms with Crippen molar-refractivity contribution < 1.29 is 17.7 Å². The van der Waals surface area contributed by atoms with E-state index in [1.807, 2.05) is 0 Å². The molecule has 0 saturated heterocycles. The van der Waals surface area contributed by atoms with Crippen molar-refractivity contribution in [1.82, 2.24) is 0 Å². The van der Waals surface area contributed by atoms with Gasteiger partial charge in [-0.2, -0.15) is 0 Å². The van der Waals surface area contributed by atoms with E-state index in [-0.39, 0.29) is 10.7 Å². The van der Waals surface area contributed by atoms with E-state index in [9.17, 15) is 22.9 Å². The number of anilines is 1. The Balaban J connectivity index is 2.44. The number of nitrogens with one attached hydrogen (secondary N) is 1. The van der Waals surface area contributed by atoms with Crippen molar-refractivity contribution in [1.29, 1.82) is 0 Å². The smallest absolute Gasteiger partial charge is 0.279 e. The van der Waals surface area contributed by atoms with Crippen LogP contribution in [0.1, 0.15) is 0 Å². The summed E-state index contributed by atoms with van der Waals surface area (Å²) in [6.07, 6.45) is 0. The van der Waals surface area contributed by atoms with Crippen LogP contribution in [0.15, 0.2) is 47.4 Å². The van der Waals surface area contributed by atoms with E-state index in [1.165, 1.54) is 18.2 Å². The molecule has 1 N–H and O–H groups in total. The molecule has 9 heteroatoms. The van der Waals surface area contributed by atoms with E-state index in [0.29, 0.717) is 0 Å². The van der Waals surface area contributed by atoms with Crippen LogP contribution in [0.3, 0.4) is 0 Å². The number of hydrogen-bond donors (Lipinski definition) is 1. The zero-order valence-corrected chi connectivity index (χ0v) is 11.9. The quantitative estimate of drug-likeness (QED) is 0.688. The average Bonchev–Trinajstić information content (AvgIpc) is 2.40. The molecule has 2 rings (SSSR count). The lowest BCUT2D eigenvalue weighted by molar-refractivity contribution is -0.387. The van der Waals surface area contributed by atoms with Crippen LogP contribution in [0.25, 0.3) is 0 Å². The van der Waals surface area contributed by atoms with E-state index in [2.05, 4.69) is 4.72 Å². The molecule has 0 aliphatic heterocycles. The summed E-state index contributed by atoms with van der Waals surface area (Å²) >= 11 is 5.63. The van der Waals surface area contributed by atoms with Gasteiger partial charge in [-0.3, -0.25) is 14.8 Å². The van der Waals surface area contributed by atoms with E-state index in [1.54, 1.807) is 0 Å². The van der Waals surface area contributed by atoms with E-state index in [4.69, 9.17) is 11.6 Å².